The van der Waals surface area contributed by atoms with Gasteiger partial charge in [-0.15, -0.1) is 0 Å². The Balaban J connectivity index is 2.01. The highest BCUT2D eigenvalue weighted by Gasteiger charge is 2.35. The average molecular weight is 328 g/mol. The second-order valence-electron chi connectivity index (χ2n) is 4.67. The number of sulfonamides is 1. The number of nitrogens with zero attached hydrogens (tertiary/aromatic N) is 2. The Morgan fingerprint density at radius 1 is 1.19 bits per heavy atom. The van der Waals surface area contributed by atoms with Crippen LogP contribution in [0.15, 0.2) is 21.6 Å². The maximum atomic E-state index is 12.3. The van der Waals surface area contributed by atoms with Gasteiger partial charge in [0.25, 0.3) is 10.0 Å². The molecule has 0 amide bonds. The van der Waals surface area contributed by atoms with Crippen molar-refractivity contribution in [3.8, 4) is 0 Å². The van der Waals surface area contributed by atoms with Crippen LogP contribution in [0.3, 0.4) is 0 Å². The molecule has 1 aliphatic heterocycles. The van der Waals surface area contributed by atoms with Gasteiger partial charge in [0.1, 0.15) is 12.4 Å². The molecular formula is C11H15F3N2O4S. The third-order valence-electron chi connectivity index (χ3n) is 3.12. The number of piperazine rings is 1. The zero-order valence-corrected chi connectivity index (χ0v) is 11.8. The summed E-state index contributed by atoms with van der Waals surface area (Å²) in [4.78, 5) is 1.16. The Morgan fingerprint density at radius 3 is 2.29 bits per heavy atom. The number of halogens is 3. The van der Waals surface area contributed by atoms with E-state index in [0.717, 1.165) is 9.21 Å². The van der Waals surface area contributed by atoms with E-state index in [1.54, 1.807) is 0 Å². The van der Waals surface area contributed by atoms with Crippen molar-refractivity contribution in [2.24, 2.45) is 0 Å². The molecule has 0 bridgehead atoms. The quantitative estimate of drug-likeness (QED) is 0.878. The minimum Gasteiger partial charge on any atom is -0.446 e. The summed E-state index contributed by atoms with van der Waals surface area (Å²) in [7, 11) is -3.87. The van der Waals surface area contributed by atoms with Gasteiger partial charge in [-0.3, -0.25) is 4.90 Å². The lowest BCUT2D eigenvalue weighted by atomic mass is 10.3. The number of hydrogen-bond acceptors (Lipinski definition) is 5. The summed E-state index contributed by atoms with van der Waals surface area (Å²) in [6, 6.07) is 2.57. The molecule has 120 valence electrons. The van der Waals surface area contributed by atoms with Crippen molar-refractivity contribution in [3.05, 3.63) is 17.9 Å². The molecule has 1 aromatic rings. The summed E-state index contributed by atoms with van der Waals surface area (Å²) in [5, 5.41) is 8.55. The molecule has 2 rings (SSSR count). The predicted molar refractivity (Wildman–Crippen MR) is 65.9 cm³/mol. The first-order chi connectivity index (χ1) is 9.72. The Bertz CT molecular complexity index is 577. The first kappa shape index (κ1) is 16.3. The smallest absolute Gasteiger partial charge is 0.401 e. The molecule has 1 aromatic heterocycles. The van der Waals surface area contributed by atoms with Crippen molar-refractivity contribution in [1.29, 1.82) is 0 Å². The number of rotatable bonds is 4. The largest absolute Gasteiger partial charge is 0.446 e. The molecule has 2 heterocycles. The van der Waals surface area contributed by atoms with Crippen LogP contribution >= 0.6 is 0 Å². The fraction of sp³-hybridized carbons (Fsp3) is 0.636. The third-order valence-corrected chi connectivity index (χ3v) is 4.89. The molecule has 0 atom stereocenters. The van der Waals surface area contributed by atoms with E-state index in [-0.39, 0.29) is 37.0 Å². The number of hydrogen-bond donors (Lipinski definition) is 1. The van der Waals surface area contributed by atoms with Crippen LogP contribution in [-0.2, 0) is 16.6 Å². The van der Waals surface area contributed by atoms with Crippen molar-refractivity contribution < 1.29 is 31.1 Å². The summed E-state index contributed by atoms with van der Waals surface area (Å²) >= 11 is 0. The SMILES string of the molecule is O=S(=O)(c1ccc(CO)o1)N1CCN(CC(F)(F)F)CC1. The van der Waals surface area contributed by atoms with Crippen molar-refractivity contribution in [2.45, 2.75) is 17.9 Å². The highest BCUT2D eigenvalue weighted by Crippen LogP contribution is 2.22. The fourth-order valence-corrected chi connectivity index (χ4v) is 3.44. The van der Waals surface area contributed by atoms with Gasteiger partial charge in [-0.25, -0.2) is 8.42 Å². The second kappa shape index (κ2) is 5.95. The van der Waals surface area contributed by atoms with Gasteiger partial charge >= 0.3 is 6.18 Å². The molecule has 0 unspecified atom stereocenters. The molecule has 1 N–H and O–H groups in total. The molecule has 1 saturated heterocycles. The second-order valence-corrected chi connectivity index (χ2v) is 6.54. The molecule has 10 heteroatoms. The van der Waals surface area contributed by atoms with E-state index in [4.69, 9.17) is 9.52 Å². The molecule has 0 aromatic carbocycles. The van der Waals surface area contributed by atoms with E-state index >= 15 is 0 Å². The van der Waals surface area contributed by atoms with Gasteiger partial charge in [0, 0.05) is 26.2 Å². The lowest BCUT2D eigenvalue weighted by Gasteiger charge is -2.33. The highest BCUT2D eigenvalue weighted by molar-refractivity contribution is 7.89. The van der Waals surface area contributed by atoms with Gasteiger partial charge in [-0.1, -0.05) is 0 Å². The summed E-state index contributed by atoms with van der Waals surface area (Å²) < 4.78 is 67.3. The maximum absolute atomic E-state index is 12.3. The van der Waals surface area contributed by atoms with Crippen molar-refractivity contribution >= 4 is 10.0 Å². The molecule has 0 radical (unpaired) electrons. The van der Waals surface area contributed by atoms with E-state index in [0.29, 0.717) is 0 Å². The van der Waals surface area contributed by atoms with Crippen molar-refractivity contribution in [2.75, 3.05) is 32.7 Å². The Labute approximate surface area is 119 Å². The number of aliphatic hydroxyl groups excluding tert-OH is 1. The Kier molecular flexibility index (Phi) is 4.61. The molecule has 0 saturated carbocycles. The Hall–Kier alpha value is -1.10. The number of aliphatic hydroxyl groups is 1. The molecule has 6 nitrogen and oxygen atoms in total. The molecule has 1 aliphatic rings. The summed E-state index contributed by atoms with van der Waals surface area (Å²) in [5.74, 6) is 0.115. The van der Waals surface area contributed by atoms with Gasteiger partial charge in [0.2, 0.25) is 5.09 Å². The predicted octanol–water partition coefficient (Wildman–Crippen LogP) is 0.641. The van der Waals surface area contributed by atoms with Gasteiger partial charge in [0.05, 0.1) is 6.54 Å². The van der Waals surface area contributed by atoms with Crippen molar-refractivity contribution in [3.63, 3.8) is 0 Å². The molecule has 0 aliphatic carbocycles. The standard InChI is InChI=1S/C11H15F3N2O4S/c12-11(13,14)8-15-3-5-16(6-4-15)21(18,19)10-2-1-9(7-17)20-10/h1-2,17H,3-8H2. The van der Waals surface area contributed by atoms with E-state index in [1.165, 1.54) is 12.1 Å². The van der Waals surface area contributed by atoms with Gasteiger partial charge in [-0.05, 0) is 12.1 Å². The first-order valence-corrected chi connectivity index (χ1v) is 7.65. The third kappa shape index (κ3) is 3.96. The molecular weight excluding hydrogens is 313 g/mol. The summed E-state index contributed by atoms with van der Waals surface area (Å²) in [6.45, 7) is -1.52. The van der Waals surface area contributed by atoms with Crippen LogP contribution in [0, 0.1) is 0 Å². The van der Waals surface area contributed by atoms with Crippen LogP contribution < -0.4 is 0 Å². The Morgan fingerprint density at radius 2 is 1.81 bits per heavy atom. The number of alkyl halides is 3. The van der Waals surface area contributed by atoms with E-state index in [1.807, 2.05) is 0 Å². The summed E-state index contributed by atoms with van der Waals surface area (Å²) in [5.41, 5.74) is 0. The van der Waals surface area contributed by atoms with Crippen molar-refractivity contribution in [1.82, 2.24) is 9.21 Å². The van der Waals surface area contributed by atoms with Gasteiger partial charge in [0.15, 0.2) is 0 Å². The first-order valence-electron chi connectivity index (χ1n) is 6.21. The normalized spacial score (nSPS) is 19.0. The topological polar surface area (TPSA) is 74.0 Å². The van der Waals surface area contributed by atoms with Crippen LogP contribution in [0.2, 0.25) is 0 Å². The van der Waals surface area contributed by atoms with E-state index in [2.05, 4.69) is 0 Å². The van der Waals surface area contributed by atoms with Crippen LogP contribution in [0.4, 0.5) is 13.2 Å². The van der Waals surface area contributed by atoms with E-state index in [9.17, 15) is 21.6 Å². The van der Waals surface area contributed by atoms with Crippen LogP contribution in [0.25, 0.3) is 0 Å². The number of furan rings is 1. The van der Waals surface area contributed by atoms with Crippen LogP contribution in [0.5, 0.6) is 0 Å². The highest BCUT2D eigenvalue weighted by atomic mass is 32.2. The maximum Gasteiger partial charge on any atom is 0.401 e. The van der Waals surface area contributed by atoms with Gasteiger partial charge < -0.3 is 9.52 Å². The monoisotopic (exact) mass is 328 g/mol. The minimum absolute atomic E-state index is 0.00626. The fourth-order valence-electron chi connectivity index (χ4n) is 2.09. The van der Waals surface area contributed by atoms with E-state index < -0.39 is 29.4 Å². The van der Waals surface area contributed by atoms with Gasteiger partial charge in [-0.2, -0.15) is 17.5 Å². The molecule has 0 spiro atoms. The molecule has 1 fully saturated rings. The average Bonchev–Trinajstić information content (AvgIpc) is 2.87. The summed E-state index contributed by atoms with van der Waals surface area (Å²) in [6.07, 6.45) is -4.29. The lowest BCUT2D eigenvalue weighted by molar-refractivity contribution is -0.148. The van der Waals surface area contributed by atoms with Crippen LogP contribution in [0.1, 0.15) is 5.76 Å². The molecule has 21 heavy (non-hydrogen) atoms. The zero-order chi connectivity index (χ0) is 15.7. The zero-order valence-electron chi connectivity index (χ0n) is 11.0. The lowest BCUT2D eigenvalue weighted by Crippen LogP contribution is -2.50. The van der Waals surface area contributed by atoms with Crippen LogP contribution in [-0.4, -0.2) is 61.6 Å². The minimum atomic E-state index is -4.29.